The topological polar surface area (TPSA) is 66.6 Å². The first-order valence-electron chi connectivity index (χ1n) is 7.46. The van der Waals surface area contributed by atoms with Gasteiger partial charge in [0.25, 0.3) is 0 Å². The number of benzene rings is 1. The maximum Gasteiger partial charge on any atom is 0.393 e. The molecule has 2 heterocycles. The number of oxazole rings is 1. The van der Waals surface area contributed by atoms with Gasteiger partial charge in [0.2, 0.25) is 5.89 Å². The first kappa shape index (κ1) is 17.8. The van der Waals surface area contributed by atoms with Gasteiger partial charge in [0.15, 0.2) is 5.76 Å². The first-order valence-corrected chi connectivity index (χ1v) is 7.84. The SMILES string of the molecule is O=C(O)[C@@H]1CN(Cc2ncc(-c3cccc(Cl)c3)o2)C[C@H]1C(F)(F)F. The quantitative estimate of drug-likeness (QED) is 0.884. The lowest BCUT2D eigenvalue weighted by Crippen LogP contribution is -2.33. The van der Waals surface area contributed by atoms with Gasteiger partial charge in [0.05, 0.1) is 24.6 Å². The van der Waals surface area contributed by atoms with Gasteiger partial charge < -0.3 is 9.52 Å². The van der Waals surface area contributed by atoms with Crippen molar-refractivity contribution in [1.29, 1.82) is 0 Å². The average molecular weight is 375 g/mol. The molecule has 1 aliphatic heterocycles. The smallest absolute Gasteiger partial charge is 0.393 e. The van der Waals surface area contributed by atoms with Crippen LogP contribution in [0.4, 0.5) is 13.2 Å². The molecule has 0 aliphatic carbocycles. The zero-order valence-electron chi connectivity index (χ0n) is 12.8. The highest BCUT2D eigenvalue weighted by molar-refractivity contribution is 6.30. The summed E-state index contributed by atoms with van der Waals surface area (Å²) < 4.78 is 44.6. The average Bonchev–Trinajstić information content (AvgIpc) is 3.14. The van der Waals surface area contributed by atoms with Crippen molar-refractivity contribution in [3.05, 3.63) is 41.4 Å². The number of aromatic nitrogens is 1. The van der Waals surface area contributed by atoms with Crippen LogP contribution in [0, 0.1) is 11.8 Å². The monoisotopic (exact) mass is 374 g/mol. The van der Waals surface area contributed by atoms with Crippen molar-refractivity contribution < 1.29 is 27.5 Å². The van der Waals surface area contributed by atoms with Crippen LogP contribution >= 0.6 is 11.6 Å². The minimum atomic E-state index is -4.56. The van der Waals surface area contributed by atoms with Crippen LogP contribution < -0.4 is 0 Å². The fraction of sp³-hybridized carbons (Fsp3) is 0.375. The number of carbonyl (C=O) groups is 1. The van der Waals surface area contributed by atoms with Gasteiger partial charge in [-0.15, -0.1) is 0 Å². The highest BCUT2D eigenvalue weighted by Gasteiger charge is 2.52. The molecule has 0 radical (unpaired) electrons. The summed E-state index contributed by atoms with van der Waals surface area (Å²) in [6.07, 6.45) is -3.09. The third kappa shape index (κ3) is 3.96. The van der Waals surface area contributed by atoms with E-state index in [2.05, 4.69) is 4.98 Å². The lowest BCUT2D eigenvalue weighted by molar-refractivity contribution is -0.188. The molecule has 1 aromatic heterocycles. The first-order chi connectivity index (χ1) is 11.7. The summed E-state index contributed by atoms with van der Waals surface area (Å²) in [6, 6.07) is 6.90. The second-order valence-corrected chi connectivity index (χ2v) is 6.35. The summed E-state index contributed by atoms with van der Waals surface area (Å²) in [4.78, 5) is 16.6. The summed E-state index contributed by atoms with van der Waals surface area (Å²) in [6.45, 7) is -0.583. The van der Waals surface area contributed by atoms with Crippen LogP contribution in [0.15, 0.2) is 34.9 Å². The Labute approximate surface area is 146 Å². The number of carboxylic acid groups (broad SMARTS) is 1. The highest BCUT2D eigenvalue weighted by atomic mass is 35.5. The summed E-state index contributed by atoms with van der Waals surface area (Å²) >= 11 is 5.91. The number of aliphatic carboxylic acids is 1. The lowest BCUT2D eigenvalue weighted by Gasteiger charge is -2.18. The van der Waals surface area contributed by atoms with E-state index < -0.39 is 30.5 Å². The molecule has 1 aromatic carbocycles. The van der Waals surface area contributed by atoms with E-state index in [4.69, 9.17) is 21.1 Å². The molecule has 1 fully saturated rings. The number of hydrogen-bond donors (Lipinski definition) is 1. The van der Waals surface area contributed by atoms with E-state index in [-0.39, 0.29) is 19.0 Å². The van der Waals surface area contributed by atoms with Crippen LogP contribution in [-0.4, -0.2) is 40.2 Å². The lowest BCUT2D eigenvalue weighted by atomic mass is 9.96. The van der Waals surface area contributed by atoms with E-state index in [1.165, 1.54) is 11.1 Å². The predicted molar refractivity (Wildman–Crippen MR) is 82.9 cm³/mol. The van der Waals surface area contributed by atoms with Gasteiger partial charge in [-0.05, 0) is 12.1 Å². The molecule has 9 heteroatoms. The Balaban J connectivity index is 1.72. The molecule has 0 saturated carbocycles. The Morgan fingerprint density at radius 3 is 2.76 bits per heavy atom. The van der Waals surface area contributed by atoms with Crippen LogP contribution in [0.3, 0.4) is 0 Å². The summed E-state index contributed by atoms with van der Waals surface area (Å²) in [7, 11) is 0. The number of halogens is 4. The molecular formula is C16H14ClF3N2O3. The summed E-state index contributed by atoms with van der Waals surface area (Å²) in [5, 5.41) is 9.55. The fourth-order valence-corrected chi connectivity index (χ4v) is 3.14. The summed E-state index contributed by atoms with van der Waals surface area (Å²) in [5.41, 5.74) is 0.698. The Hall–Kier alpha value is -2.06. The minimum Gasteiger partial charge on any atom is -0.481 e. The standard InChI is InChI=1S/C16H14ClF3N2O3/c17-10-3-1-2-9(4-10)13-5-21-14(25-13)8-22-6-11(15(23)24)12(7-22)16(18,19)20/h1-5,11-12H,6-8H2,(H,23,24)/t11-,12-/m1/s1. The largest absolute Gasteiger partial charge is 0.481 e. The number of likely N-dealkylation sites (tertiary alicyclic amines) is 1. The molecular weight excluding hydrogens is 361 g/mol. The van der Waals surface area contributed by atoms with Crippen LogP contribution in [0.2, 0.25) is 5.02 Å². The van der Waals surface area contributed by atoms with Crippen molar-refractivity contribution in [2.24, 2.45) is 11.8 Å². The second-order valence-electron chi connectivity index (χ2n) is 5.92. The molecule has 0 bridgehead atoms. The normalized spacial score (nSPS) is 21.6. The maximum atomic E-state index is 13.0. The Morgan fingerprint density at radius 2 is 2.16 bits per heavy atom. The molecule has 1 aliphatic rings. The van der Waals surface area contributed by atoms with E-state index in [1.54, 1.807) is 24.3 Å². The van der Waals surface area contributed by atoms with E-state index >= 15 is 0 Å². The molecule has 5 nitrogen and oxygen atoms in total. The number of hydrogen-bond acceptors (Lipinski definition) is 4. The van der Waals surface area contributed by atoms with Crippen molar-refractivity contribution in [2.75, 3.05) is 13.1 Å². The third-order valence-electron chi connectivity index (χ3n) is 4.15. The molecule has 2 aromatic rings. The van der Waals surface area contributed by atoms with E-state index in [1.807, 2.05) is 0 Å². The van der Waals surface area contributed by atoms with Crippen molar-refractivity contribution in [1.82, 2.24) is 9.88 Å². The molecule has 1 N–H and O–H groups in total. The number of alkyl halides is 3. The number of rotatable bonds is 4. The van der Waals surface area contributed by atoms with Gasteiger partial charge in [-0.25, -0.2) is 4.98 Å². The van der Waals surface area contributed by atoms with Gasteiger partial charge >= 0.3 is 12.1 Å². The number of carboxylic acids is 1. The fourth-order valence-electron chi connectivity index (χ4n) is 2.95. The Morgan fingerprint density at radius 1 is 1.40 bits per heavy atom. The molecule has 2 atom stereocenters. The van der Waals surface area contributed by atoms with Crippen LogP contribution in [0.5, 0.6) is 0 Å². The highest BCUT2D eigenvalue weighted by Crippen LogP contribution is 2.38. The molecule has 134 valence electrons. The molecule has 0 spiro atoms. The maximum absolute atomic E-state index is 13.0. The molecule has 0 amide bonds. The van der Waals surface area contributed by atoms with Crippen LogP contribution in [0.1, 0.15) is 5.89 Å². The van der Waals surface area contributed by atoms with Gasteiger partial charge in [-0.1, -0.05) is 23.7 Å². The molecule has 25 heavy (non-hydrogen) atoms. The molecule has 0 unspecified atom stereocenters. The van der Waals surface area contributed by atoms with Crippen molar-refractivity contribution in [3.8, 4) is 11.3 Å². The van der Waals surface area contributed by atoms with Crippen molar-refractivity contribution in [3.63, 3.8) is 0 Å². The Bertz CT molecular complexity index is 778. The van der Waals surface area contributed by atoms with Crippen LogP contribution in [0.25, 0.3) is 11.3 Å². The third-order valence-corrected chi connectivity index (χ3v) is 4.39. The number of nitrogens with zero attached hydrogens (tertiary/aromatic N) is 2. The van der Waals surface area contributed by atoms with Gasteiger partial charge in [-0.3, -0.25) is 9.69 Å². The van der Waals surface area contributed by atoms with Crippen LogP contribution in [-0.2, 0) is 11.3 Å². The van der Waals surface area contributed by atoms with Crippen molar-refractivity contribution >= 4 is 17.6 Å². The van der Waals surface area contributed by atoms with E-state index in [9.17, 15) is 18.0 Å². The van der Waals surface area contributed by atoms with Gasteiger partial charge in [-0.2, -0.15) is 13.2 Å². The minimum absolute atomic E-state index is 0.0108. The zero-order chi connectivity index (χ0) is 18.2. The Kier molecular flexibility index (Phi) is 4.75. The predicted octanol–water partition coefficient (Wildman–Crippen LogP) is 3.69. The van der Waals surface area contributed by atoms with Gasteiger partial charge in [0.1, 0.15) is 0 Å². The molecule has 3 rings (SSSR count). The second kappa shape index (κ2) is 6.68. The van der Waals surface area contributed by atoms with E-state index in [0.29, 0.717) is 16.3 Å². The summed E-state index contributed by atoms with van der Waals surface area (Å²) in [5.74, 6) is -4.16. The van der Waals surface area contributed by atoms with E-state index in [0.717, 1.165) is 0 Å². The zero-order valence-corrected chi connectivity index (χ0v) is 13.6. The molecule has 1 saturated heterocycles. The van der Waals surface area contributed by atoms with Gasteiger partial charge in [0, 0.05) is 23.7 Å². The van der Waals surface area contributed by atoms with Crippen molar-refractivity contribution in [2.45, 2.75) is 12.7 Å².